The van der Waals surface area contributed by atoms with Gasteiger partial charge in [-0.15, -0.1) is 0 Å². The van der Waals surface area contributed by atoms with Gasteiger partial charge in [0.25, 0.3) is 0 Å². The number of carbonyl (C=O) groups is 2. The highest BCUT2D eigenvalue weighted by molar-refractivity contribution is 5.90. The molecule has 0 spiro atoms. The number of hydrogen-bond donors (Lipinski definition) is 0. The van der Waals surface area contributed by atoms with Crippen molar-refractivity contribution in [1.82, 2.24) is 0 Å². The number of unbranched alkanes of at least 4 members (excludes halogenated alkanes) is 1. The minimum atomic E-state index is -0.458. The van der Waals surface area contributed by atoms with Gasteiger partial charge in [0.1, 0.15) is 0 Å². The topological polar surface area (TPSA) is 76.4 Å². The van der Waals surface area contributed by atoms with Crippen molar-refractivity contribution >= 4 is 11.9 Å². The number of rotatable bonds is 7. The second-order valence-electron chi connectivity index (χ2n) is 3.43. The van der Waals surface area contributed by atoms with E-state index in [1.54, 1.807) is 13.0 Å². The molecule has 0 radical (unpaired) electrons. The van der Waals surface area contributed by atoms with Gasteiger partial charge in [-0.25, -0.2) is 9.59 Å². The summed E-state index contributed by atoms with van der Waals surface area (Å²) >= 11 is 0. The van der Waals surface area contributed by atoms with Gasteiger partial charge in [-0.2, -0.15) is 5.26 Å². The Bertz CT molecular complexity index is 391. The zero-order valence-electron chi connectivity index (χ0n) is 12.1. The average molecular weight is 279 g/mol. The van der Waals surface area contributed by atoms with Gasteiger partial charge in [0, 0.05) is 12.2 Å². The van der Waals surface area contributed by atoms with Gasteiger partial charge in [0.15, 0.2) is 0 Å². The SMILES string of the molecule is C=C(C=CC#N)C(=O)OCCCC.C=CC(=O)OCC. The summed E-state index contributed by atoms with van der Waals surface area (Å²) in [5.74, 6) is -0.817. The molecule has 5 heteroatoms. The van der Waals surface area contributed by atoms with E-state index in [0.717, 1.165) is 18.9 Å². The van der Waals surface area contributed by atoms with Crippen LogP contribution in [0.5, 0.6) is 0 Å². The third-order valence-electron chi connectivity index (χ3n) is 1.81. The predicted octanol–water partition coefficient (Wildman–Crippen LogP) is 2.70. The Balaban J connectivity index is 0. The molecule has 0 unspecified atom stereocenters. The maximum absolute atomic E-state index is 11.0. The first-order valence-corrected chi connectivity index (χ1v) is 6.24. The van der Waals surface area contributed by atoms with Crippen molar-refractivity contribution in [3.8, 4) is 6.07 Å². The van der Waals surface area contributed by atoms with Crippen molar-refractivity contribution in [3.05, 3.63) is 37.0 Å². The number of nitrogens with zero attached hydrogens (tertiary/aromatic N) is 1. The van der Waals surface area contributed by atoms with Crippen LogP contribution >= 0.6 is 0 Å². The third-order valence-corrected chi connectivity index (χ3v) is 1.81. The van der Waals surface area contributed by atoms with E-state index < -0.39 is 5.97 Å². The number of nitriles is 1. The highest BCUT2D eigenvalue weighted by Gasteiger charge is 2.03. The zero-order valence-corrected chi connectivity index (χ0v) is 12.1. The fourth-order valence-corrected chi connectivity index (χ4v) is 0.809. The van der Waals surface area contributed by atoms with E-state index in [2.05, 4.69) is 17.9 Å². The Morgan fingerprint density at radius 2 is 1.95 bits per heavy atom. The van der Waals surface area contributed by atoms with E-state index in [4.69, 9.17) is 10.00 Å². The van der Waals surface area contributed by atoms with Crippen molar-refractivity contribution in [2.24, 2.45) is 0 Å². The van der Waals surface area contributed by atoms with Crippen LogP contribution in [0, 0.1) is 11.3 Å². The lowest BCUT2D eigenvalue weighted by molar-refractivity contribution is -0.139. The predicted molar refractivity (Wildman–Crippen MR) is 76.6 cm³/mol. The average Bonchev–Trinajstić information content (AvgIpc) is 2.45. The van der Waals surface area contributed by atoms with Gasteiger partial charge in [-0.1, -0.05) is 26.5 Å². The lowest BCUT2D eigenvalue weighted by atomic mass is 10.3. The molecule has 0 fully saturated rings. The Kier molecular flexibility index (Phi) is 14.7. The molecule has 0 N–H and O–H groups in total. The van der Waals surface area contributed by atoms with Crippen molar-refractivity contribution in [1.29, 1.82) is 5.26 Å². The molecule has 0 rings (SSSR count). The van der Waals surface area contributed by atoms with Crippen LogP contribution in [0.15, 0.2) is 37.0 Å². The monoisotopic (exact) mass is 279 g/mol. The molecule has 0 aliphatic rings. The van der Waals surface area contributed by atoms with Crippen LogP contribution in [0.1, 0.15) is 26.7 Å². The smallest absolute Gasteiger partial charge is 0.337 e. The number of allylic oxidation sites excluding steroid dienone is 1. The van der Waals surface area contributed by atoms with Gasteiger partial charge in [-0.3, -0.25) is 0 Å². The molecule has 0 bridgehead atoms. The molecular formula is C15H21NO4. The van der Waals surface area contributed by atoms with Crippen LogP contribution in [0.25, 0.3) is 0 Å². The lowest BCUT2D eigenvalue weighted by Crippen LogP contribution is -2.06. The van der Waals surface area contributed by atoms with Crippen molar-refractivity contribution < 1.29 is 19.1 Å². The molecule has 0 atom stereocenters. The van der Waals surface area contributed by atoms with E-state index in [1.807, 2.05) is 6.92 Å². The summed E-state index contributed by atoms with van der Waals surface area (Å²) in [5, 5.41) is 8.18. The van der Waals surface area contributed by atoms with E-state index >= 15 is 0 Å². The molecule has 0 amide bonds. The highest BCUT2D eigenvalue weighted by atomic mass is 16.5. The first-order chi connectivity index (χ1) is 9.53. The van der Waals surface area contributed by atoms with Crippen LogP contribution in [0.2, 0.25) is 0 Å². The molecule has 5 nitrogen and oxygen atoms in total. The highest BCUT2D eigenvalue weighted by Crippen LogP contribution is 1.98. The molecule has 0 saturated carbocycles. The Labute approximate surface area is 120 Å². The fraction of sp³-hybridized carbons (Fsp3) is 0.400. The van der Waals surface area contributed by atoms with E-state index in [0.29, 0.717) is 13.2 Å². The summed E-state index contributed by atoms with van der Waals surface area (Å²) in [4.78, 5) is 21.1. The molecule has 0 saturated heterocycles. The fourth-order valence-electron chi connectivity index (χ4n) is 0.809. The van der Waals surface area contributed by atoms with Gasteiger partial charge in [-0.05, 0) is 19.4 Å². The van der Waals surface area contributed by atoms with Crippen molar-refractivity contribution in [2.45, 2.75) is 26.7 Å². The zero-order chi connectivity index (χ0) is 15.8. The standard InChI is InChI=1S/C10H13NO2.C5H8O2/c1-3-4-8-13-10(12)9(2)6-5-7-11;1-3-5(6)7-4-2/h5-6H,2-4,8H2,1H3;3H,1,4H2,2H3. The van der Waals surface area contributed by atoms with E-state index in [9.17, 15) is 9.59 Å². The molecule has 0 heterocycles. The minimum Gasteiger partial charge on any atom is -0.463 e. The molecule has 0 aromatic carbocycles. The maximum atomic E-state index is 11.0. The largest absolute Gasteiger partial charge is 0.463 e. The second kappa shape index (κ2) is 14.7. The Morgan fingerprint density at radius 1 is 1.30 bits per heavy atom. The quantitative estimate of drug-likeness (QED) is 0.235. The normalized spacial score (nSPS) is 8.85. The molecule has 110 valence electrons. The Morgan fingerprint density at radius 3 is 2.35 bits per heavy atom. The van der Waals surface area contributed by atoms with Gasteiger partial charge >= 0.3 is 11.9 Å². The minimum absolute atomic E-state index is 0.206. The van der Waals surface area contributed by atoms with Gasteiger partial charge in [0.05, 0.1) is 24.9 Å². The molecular weight excluding hydrogens is 258 g/mol. The lowest BCUT2D eigenvalue weighted by Gasteiger charge is -2.01. The third kappa shape index (κ3) is 13.7. The van der Waals surface area contributed by atoms with Crippen LogP contribution in [0.4, 0.5) is 0 Å². The van der Waals surface area contributed by atoms with Gasteiger partial charge < -0.3 is 9.47 Å². The van der Waals surface area contributed by atoms with E-state index in [-0.39, 0.29) is 11.5 Å². The summed E-state index contributed by atoms with van der Waals surface area (Å²) in [5.41, 5.74) is 0.206. The van der Waals surface area contributed by atoms with Gasteiger partial charge in [0.2, 0.25) is 0 Å². The molecule has 20 heavy (non-hydrogen) atoms. The second-order valence-corrected chi connectivity index (χ2v) is 3.43. The van der Waals surface area contributed by atoms with Crippen LogP contribution in [0.3, 0.4) is 0 Å². The van der Waals surface area contributed by atoms with Crippen LogP contribution in [-0.2, 0) is 19.1 Å². The summed E-state index contributed by atoms with van der Waals surface area (Å²) < 4.78 is 9.28. The summed E-state index contributed by atoms with van der Waals surface area (Å²) in [6.07, 6.45) is 5.51. The first-order valence-electron chi connectivity index (χ1n) is 6.24. The number of hydrogen-bond acceptors (Lipinski definition) is 5. The molecule has 0 aromatic heterocycles. The molecule has 0 aliphatic heterocycles. The van der Waals surface area contributed by atoms with E-state index in [1.165, 1.54) is 12.2 Å². The summed E-state index contributed by atoms with van der Waals surface area (Å²) in [7, 11) is 0. The Hall–Kier alpha value is -2.35. The van der Waals surface area contributed by atoms with Crippen LogP contribution in [-0.4, -0.2) is 25.2 Å². The van der Waals surface area contributed by atoms with Crippen molar-refractivity contribution in [3.63, 3.8) is 0 Å². The van der Waals surface area contributed by atoms with Crippen molar-refractivity contribution in [2.75, 3.05) is 13.2 Å². The van der Waals surface area contributed by atoms with Crippen LogP contribution < -0.4 is 0 Å². The molecule has 0 aromatic rings. The summed E-state index contributed by atoms with van der Waals surface area (Å²) in [6, 6.07) is 1.77. The first kappa shape index (κ1) is 20.0. The number of ether oxygens (including phenoxy) is 2. The molecule has 0 aliphatic carbocycles. The number of carbonyl (C=O) groups excluding carboxylic acids is 2. The summed E-state index contributed by atoms with van der Waals surface area (Å²) in [6.45, 7) is 11.3. The number of esters is 2. The maximum Gasteiger partial charge on any atom is 0.337 e.